The highest BCUT2D eigenvalue weighted by molar-refractivity contribution is 5.57. The summed E-state index contributed by atoms with van der Waals surface area (Å²) in [6.45, 7) is 7.87. The van der Waals surface area contributed by atoms with Crippen molar-refractivity contribution in [2.24, 2.45) is 0 Å². The van der Waals surface area contributed by atoms with Crippen molar-refractivity contribution in [3.05, 3.63) is 17.7 Å². The summed E-state index contributed by atoms with van der Waals surface area (Å²) in [5, 5.41) is 16.5. The maximum absolute atomic E-state index is 4.48. The Morgan fingerprint density at radius 2 is 2.22 bits per heavy atom. The minimum absolute atomic E-state index is 0.878. The zero-order valence-corrected chi connectivity index (χ0v) is 10.8. The summed E-state index contributed by atoms with van der Waals surface area (Å²) < 4.78 is 4.16. The lowest BCUT2D eigenvalue weighted by molar-refractivity contribution is 0.646. The van der Waals surface area contributed by atoms with Crippen molar-refractivity contribution < 1.29 is 0 Å². The topological polar surface area (TPSA) is 60.6 Å². The Labute approximate surface area is 106 Å². The van der Waals surface area contributed by atoms with Crippen LogP contribution >= 0.6 is 0 Å². The van der Waals surface area contributed by atoms with Crippen molar-refractivity contribution in [2.45, 2.75) is 33.4 Å². The lowest BCUT2D eigenvalue weighted by atomic mass is 10.2. The molecule has 0 aliphatic carbocycles. The fourth-order valence-corrected chi connectivity index (χ4v) is 2.37. The van der Waals surface area contributed by atoms with Gasteiger partial charge in [-0.3, -0.25) is 4.68 Å². The normalized spacial score (nSPS) is 15.4. The minimum atomic E-state index is 0.878. The van der Waals surface area contributed by atoms with Crippen molar-refractivity contribution in [1.29, 1.82) is 0 Å². The maximum Gasteiger partial charge on any atom is 0.167 e. The average molecular weight is 246 g/mol. The quantitative estimate of drug-likeness (QED) is 0.843. The van der Waals surface area contributed by atoms with E-state index in [0.717, 1.165) is 55.5 Å². The number of hydrogen-bond acceptors (Lipinski definition) is 4. The molecule has 3 heterocycles. The molecular weight excluding hydrogens is 228 g/mol. The number of aryl methyl sites for hydroxylation is 2. The third-order valence-electron chi connectivity index (χ3n) is 3.38. The molecule has 2 aromatic heterocycles. The van der Waals surface area contributed by atoms with E-state index in [9.17, 15) is 0 Å². The van der Waals surface area contributed by atoms with Gasteiger partial charge in [-0.05, 0) is 13.8 Å². The number of aromatic nitrogens is 5. The summed E-state index contributed by atoms with van der Waals surface area (Å²) in [6, 6.07) is 0. The molecule has 6 heteroatoms. The molecule has 0 aromatic carbocycles. The fraction of sp³-hybridized carbons (Fsp3) is 0.583. The van der Waals surface area contributed by atoms with Crippen LogP contribution in [0.1, 0.15) is 18.4 Å². The fourth-order valence-electron chi connectivity index (χ4n) is 2.37. The first-order valence-electron chi connectivity index (χ1n) is 6.47. The van der Waals surface area contributed by atoms with Crippen LogP contribution in [0.2, 0.25) is 0 Å². The Morgan fingerprint density at radius 3 is 3.00 bits per heavy atom. The first-order valence-corrected chi connectivity index (χ1v) is 6.47. The molecule has 0 saturated carbocycles. The molecule has 0 unspecified atom stereocenters. The average Bonchev–Trinajstić information content (AvgIpc) is 2.85. The molecule has 0 atom stereocenters. The second-order valence-electron chi connectivity index (χ2n) is 4.58. The van der Waals surface area contributed by atoms with Crippen molar-refractivity contribution in [3.63, 3.8) is 0 Å². The lowest BCUT2D eigenvalue weighted by Crippen LogP contribution is -2.17. The molecule has 0 spiro atoms. The van der Waals surface area contributed by atoms with Gasteiger partial charge in [-0.2, -0.15) is 5.10 Å². The van der Waals surface area contributed by atoms with Crippen LogP contribution in [0.5, 0.6) is 0 Å². The molecule has 2 aromatic rings. The molecule has 0 fully saturated rings. The Kier molecular flexibility index (Phi) is 2.87. The van der Waals surface area contributed by atoms with Crippen molar-refractivity contribution >= 4 is 0 Å². The third kappa shape index (κ3) is 1.82. The molecule has 6 nitrogen and oxygen atoms in total. The van der Waals surface area contributed by atoms with Crippen LogP contribution in [-0.4, -0.2) is 37.6 Å². The van der Waals surface area contributed by atoms with E-state index in [1.54, 1.807) is 0 Å². The van der Waals surface area contributed by atoms with Gasteiger partial charge < -0.3 is 9.88 Å². The van der Waals surface area contributed by atoms with Crippen LogP contribution in [0.15, 0.2) is 6.20 Å². The summed E-state index contributed by atoms with van der Waals surface area (Å²) in [5.41, 5.74) is 2.11. The standard InChI is InChI=1S/C12H18N6/c1-3-17-8-10(9(2)16-17)12-15-14-11-4-5-13-6-7-18(11)12/h8,13H,3-7H2,1-2H3. The molecule has 0 bridgehead atoms. The van der Waals surface area contributed by atoms with E-state index < -0.39 is 0 Å². The molecule has 1 aliphatic rings. The first kappa shape index (κ1) is 11.4. The van der Waals surface area contributed by atoms with E-state index in [2.05, 4.69) is 38.3 Å². The third-order valence-corrected chi connectivity index (χ3v) is 3.38. The number of fused-ring (bicyclic) bond motifs is 1. The number of rotatable bonds is 2. The van der Waals surface area contributed by atoms with Crippen molar-refractivity contribution in [1.82, 2.24) is 29.9 Å². The second-order valence-corrected chi connectivity index (χ2v) is 4.58. The molecule has 0 amide bonds. The monoisotopic (exact) mass is 246 g/mol. The van der Waals surface area contributed by atoms with Gasteiger partial charge in [0.1, 0.15) is 5.82 Å². The Balaban J connectivity index is 2.06. The van der Waals surface area contributed by atoms with Crippen LogP contribution in [0.4, 0.5) is 0 Å². The van der Waals surface area contributed by atoms with Gasteiger partial charge in [0.25, 0.3) is 0 Å². The van der Waals surface area contributed by atoms with Gasteiger partial charge in [0.2, 0.25) is 0 Å². The summed E-state index contributed by atoms with van der Waals surface area (Å²) in [6.07, 6.45) is 3.00. The van der Waals surface area contributed by atoms with Gasteiger partial charge in [-0.1, -0.05) is 0 Å². The van der Waals surface area contributed by atoms with E-state index in [0.29, 0.717) is 0 Å². The molecule has 96 valence electrons. The van der Waals surface area contributed by atoms with Gasteiger partial charge in [0.15, 0.2) is 5.82 Å². The number of hydrogen-bond donors (Lipinski definition) is 1. The van der Waals surface area contributed by atoms with Crippen molar-refractivity contribution in [2.75, 3.05) is 13.1 Å². The Hall–Kier alpha value is -1.69. The van der Waals surface area contributed by atoms with E-state index in [4.69, 9.17) is 0 Å². The zero-order valence-electron chi connectivity index (χ0n) is 10.8. The Morgan fingerprint density at radius 1 is 1.33 bits per heavy atom. The van der Waals surface area contributed by atoms with Gasteiger partial charge in [0.05, 0.1) is 11.3 Å². The van der Waals surface area contributed by atoms with Crippen LogP contribution in [0.25, 0.3) is 11.4 Å². The predicted molar refractivity (Wildman–Crippen MR) is 68.2 cm³/mol. The van der Waals surface area contributed by atoms with Crippen LogP contribution in [-0.2, 0) is 19.5 Å². The highest BCUT2D eigenvalue weighted by atomic mass is 15.3. The van der Waals surface area contributed by atoms with Gasteiger partial charge in [-0.15, -0.1) is 10.2 Å². The molecule has 0 radical (unpaired) electrons. The van der Waals surface area contributed by atoms with E-state index in [1.807, 2.05) is 11.6 Å². The van der Waals surface area contributed by atoms with E-state index >= 15 is 0 Å². The van der Waals surface area contributed by atoms with Crippen LogP contribution in [0.3, 0.4) is 0 Å². The minimum Gasteiger partial charge on any atom is -0.315 e. The summed E-state index contributed by atoms with van der Waals surface area (Å²) >= 11 is 0. The van der Waals surface area contributed by atoms with Gasteiger partial charge >= 0.3 is 0 Å². The lowest BCUT2D eigenvalue weighted by Gasteiger charge is -2.05. The van der Waals surface area contributed by atoms with Crippen molar-refractivity contribution in [3.8, 4) is 11.4 Å². The van der Waals surface area contributed by atoms with Crippen LogP contribution in [0, 0.1) is 6.92 Å². The molecule has 18 heavy (non-hydrogen) atoms. The number of nitrogens with one attached hydrogen (secondary N) is 1. The largest absolute Gasteiger partial charge is 0.315 e. The highest BCUT2D eigenvalue weighted by Crippen LogP contribution is 2.22. The second kappa shape index (κ2) is 4.53. The summed E-state index contributed by atoms with van der Waals surface area (Å²) in [4.78, 5) is 0. The molecular formula is C12H18N6. The zero-order chi connectivity index (χ0) is 12.5. The Bertz CT molecular complexity index is 553. The predicted octanol–water partition coefficient (Wildman–Crippen LogP) is 0.616. The van der Waals surface area contributed by atoms with E-state index in [1.165, 1.54) is 0 Å². The van der Waals surface area contributed by atoms with Gasteiger partial charge in [0, 0.05) is 38.8 Å². The smallest absolute Gasteiger partial charge is 0.167 e. The number of nitrogens with zero attached hydrogens (tertiary/aromatic N) is 5. The van der Waals surface area contributed by atoms with Crippen LogP contribution < -0.4 is 5.32 Å². The highest BCUT2D eigenvalue weighted by Gasteiger charge is 2.18. The van der Waals surface area contributed by atoms with Gasteiger partial charge in [-0.25, -0.2) is 0 Å². The summed E-state index contributed by atoms with van der Waals surface area (Å²) in [5.74, 6) is 2.02. The first-order chi connectivity index (χ1) is 8.79. The molecule has 1 N–H and O–H groups in total. The summed E-state index contributed by atoms with van der Waals surface area (Å²) in [7, 11) is 0. The van der Waals surface area contributed by atoms with E-state index in [-0.39, 0.29) is 0 Å². The molecule has 0 saturated heterocycles. The maximum atomic E-state index is 4.48. The SMILES string of the molecule is CCn1cc(-c2nnc3n2CCNCC3)c(C)n1. The molecule has 3 rings (SSSR count). The molecule has 1 aliphatic heterocycles.